The first-order valence-corrected chi connectivity index (χ1v) is 8.67. The van der Waals surface area contributed by atoms with Crippen LogP contribution in [-0.4, -0.2) is 16.6 Å². The molecule has 3 N–H and O–H groups in total. The van der Waals surface area contributed by atoms with Gasteiger partial charge in [-0.1, -0.05) is 79.0 Å². The van der Waals surface area contributed by atoms with Crippen molar-refractivity contribution < 1.29 is 4.79 Å². The fourth-order valence-corrected chi connectivity index (χ4v) is 2.69. The van der Waals surface area contributed by atoms with E-state index in [2.05, 4.69) is 29.4 Å². The second kappa shape index (κ2) is 8.52. The third-order valence-corrected chi connectivity index (χ3v) is 4.42. The number of pyridine rings is 1. The number of nitrogens with two attached hydrogens (primary N) is 1. The molecular formula is C17H17Cl3N4O. The highest BCUT2D eigenvalue weighted by molar-refractivity contribution is 6.46. The summed E-state index contributed by atoms with van der Waals surface area (Å²) in [7, 11) is 0. The highest BCUT2D eigenvalue weighted by Crippen LogP contribution is 2.34. The maximum Gasteiger partial charge on any atom is 0.291 e. The molecule has 2 aromatic rings. The van der Waals surface area contributed by atoms with Crippen LogP contribution in [0, 0.1) is 5.92 Å². The molecule has 2 rings (SSSR count). The Hall–Kier alpha value is -1.82. The Morgan fingerprint density at radius 1 is 1.20 bits per heavy atom. The SMILES string of the molecule is CC(C)C/C(=N\NC(=O)c1nc(Cl)c(Cl)c(N)c1Cl)c1ccccc1. The number of halogens is 3. The number of aromatic nitrogens is 1. The number of hydrazone groups is 1. The van der Waals surface area contributed by atoms with Crippen molar-refractivity contribution in [3.63, 3.8) is 0 Å². The molecule has 0 saturated heterocycles. The van der Waals surface area contributed by atoms with E-state index in [-0.39, 0.29) is 26.6 Å². The van der Waals surface area contributed by atoms with Crippen LogP contribution < -0.4 is 11.2 Å². The van der Waals surface area contributed by atoms with Gasteiger partial charge in [-0.2, -0.15) is 5.10 Å². The number of hydrogen-bond donors (Lipinski definition) is 2. The Bertz CT molecular complexity index is 807. The molecule has 0 aliphatic rings. The number of rotatable bonds is 5. The molecule has 8 heteroatoms. The Kier molecular flexibility index (Phi) is 6.64. The number of carbonyl (C=O) groups excluding carboxylic acids is 1. The largest absolute Gasteiger partial charge is 0.396 e. The lowest BCUT2D eigenvalue weighted by Crippen LogP contribution is -2.22. The van der Waals surface area contributed by atoms with E-state index < -0.39 is 5.91 Å². The predicted octanol–water partition coefficient (Wildman–Crippen LogP) is 4.80. The van der Waals surface area contributed by atoms with Crippen molar-refractivity contribution in [3.05, 3.63) is 56.8 Å². The third-order valence-electron chi connectivity index (χ3n) is 3.29. The Morgan fingerprint density at radius 3 is 2.44 bits per heavy atom. The molecule has 0 saturated carbocycles. The average Bonchev–Trinajstić information content (AvgIpc) is 2.60. The van der Waals surface area contributed by atoms with Crippen molar-refractivity contribution in [2.45, 2.75) is 20.3 Å². The lowest BCUT2D eigenvalue weighted by molar-refractivity contribution is 0.0950. The second-order valence-electron chi connectivity index (χ2n) is 5.76. The molecule has 0 atom stereocenters. The minimum atomic E-state index is -0.618. The van der Waals surface area contributed by atoms with Crippen LogP contribution in [0.2, 0.25) is 15.2 Å². The fourth-order valence-electron chi connectivity index (χ4n) is 2.10. The number of hydrogen-bond acceptors (Lipinski definition) is 4. The van der Waals surface area contributed by atoms with E-state index in [1.807, 2.05) is 30.3 Å². The highest BCUT2D eigenvalue weighted by Gasteiger charge is 2.20. The summed E-state index contributed by atoms with van der Waals surface area (Å²) in [5.74, 6) is -0.259. The van der Waals surface area contributed by atoms with Gasteiger partial charge in [0.25, 0.3) is 5.91 Å². The summed E-state index contributed by atoms with van der Waals surface area (Å²) in [6, 6.07) is 9.58. The van der Waals surface area contributed by atoms with E-state index in [1.54, 1.807) is 0 Å². The summed E-state index contributed by atoms with van der Waals surface area (Å²) < 4.78 is 0. The number of benzene rings is 1. The summed E-state index contributed by atoms with van der Waals surface area (Å²) in [5.41, 5.74) is 9.73. The number of amides is 1. The van der Waals surface area contributed by atoms with Gasteiger partial charge >= 0.3 is 0 Å². The van der Waals surface area contributed by atoms with Crippen LogP contribution in [0.25, 0.3) is 0 Å². The number of nitrogens with zero attached hydrogens (tertiary/aromatic N) is 2. The van der Waals surface area contributed by atoms with Crippen molar-refractivity contribution in [2.75, 3.05) is 5.73 Å². The second-order valence-corrected chi connectivity index (χ2v) is 6.87. The van der Waals surface area contributed by atoms with Crippen LogP contribution in [0.4, 0.5) is 5.69 Å². The van der Waals surface area contributed by atoms with Gasteiger partial charge in [0, 0.05) is 0 Å². The molecule has 0 fully saturated rings. The summed E-state index contributed by atoms with van der Waals surface area (Å²) in [5, 5.41) is 4.09. The average molecular weight is 400 g/mol. The summed E-state index contributed by atoms with van der Waals surface area (Å²) in [6.07, 6.45) is 0.689. The van der Waals surface area contributed by atoms with E-state index in [4.69, 9.17) is 40.5 Å². The standard InChI is InChI=1S/C17H17Cl3N4O/c1-9(2)8-11(10-6-4-3-5-7-10)23-24-17(25)15-12(18)14(21)13(19)16(20)22-15/h3-7,9H,8H2,1-2H3,(H2,21,22)(H,24,25)/b23-11+. The minimum absolute atomic E-state index is 0.00271. The van der Waals surface area contributed by atoms with Gasteiger partial charge in [0.2, 0.25) is 0 Å². The van der Waals surface area contributed by atoms with Crippen LogP contribution in [0.1, 0.15) is 36.3 Å². The van der Waals surface area contributed by atoms with Crippen molar-refractivity contribution >= 4 is 52.1 Å². The minimum Gasteiger partial charge on any atom is -0.396 e. The number of anilines is 1. The molecule has 25 heavy (non-hydrogen) atoms. The van der Waals surface area contributed by atoms with Crippen molar-refractivity contribution in [2.24, 2.45) is 11.0 Å². The van der Waals surface area contributed by atoms with Gasteiger partial charge in [-0.15, -0.1) is 0 Å². The fraction of sp³-hybridized carbons (Fsp3) is 0.235. The quantitative estimate of drug-likeness (QED) is 0.430. The number of carbonyl (C=O) groups is 1. The van der Waals surface area contributed by atoms with E-state index in [0.717, 1.165) is 11.3 Å². The number of nitrogen functional groups attached to an aromatic ring is 1. The first-order chi connectivity index (χ1) is 11.8. The van der Waals surface area contributed by atoms with Crippen LogP contribution in [0.15, 0.2) is 35.4 Å². The van der Waals surface area contributed by atoms with E-state index in [0.29, 0.717) is 12.3 Å². The van der Waals surface area contributed by atoms with Gasteiger partial charge in [-0.3, -0.25) is 4.79 Å². The van der Waals surface area contributed by atoms with Crippen LogP contribution in [-0.2, 0) is 0 Å². The molecule has 0 aliphatic heterocycles. The summed E-state index contributed by atoms with van der Waals surface area (Å²) >= 11 is 17.8. The van der Waals surface area contributed by atoms with E-state index >= 15 is 0 Å². The summed E-state index contributed by atoms with van der Waals surface area (Å²) in [6.45, 7) is 4.14. The molecule has 1 aromatic carbocycles. The van der Waals surface area contributed by atoms with Crippen molar-refractivity contribution in [1.29, 1.82) is 0 Å². The predicted molar refractivity (Wildman–Crippen MR) is 104 cm³/mol. The molecule has 0 aliphatic carbocycles. The van der Waals surface area contributed by atoms with Gasteiger partial charge in [-0.25, -0.2) is 10.4 Å². The lowest BCUT2D eigenvalue weighted by Gasteiger charge is -2.11. The lowest BCUT2D eigenvalue weighted by atomic mass is 10.0. The first kappa shape index (κ1) is 19.5. The van der Waals surface area contributed by atoms with Gasteiger partial charge in [0.1, 0.15) is 5.02 Å². The van der Waals surface area contributed by atoms with E-state index in [1.165, 1.54) is 0 Å². The number of nitrogens with one attached hydrogen (secondary N) is 1. The molecule has 0 radical (unpaired) electrons. The van der Waals surface area contributed by atoms with Gasteiger partial charge < -0.3 is 5.73 Å². The normalized spacial score (nSPS) is 11.7. The van der Waals surface area contributed by atoms with Gasteiger partial charge in [0.15, 0.2) is 10.8 Å². The topological polar surface area (TPSA) is 80.4 Å². The van der Waals surface area contributed by atoms with Crippen LogP contribution >= 0.6 is 34.8 Å². The molecule has 1 heterocycles. The molecule has 132 valence electrons. The smallest absolute Gasteiger partial charge is 0.291 e. The first-order valence-electron chi connectivity index (χ1n) is 7.53. The molecule has 1 amide bonds. The zero-order valence-electron chi connectivity index (χ0n) is 13.7. The molecule has 5 nitrogen and oxygen atoms in total. The van der Waals surface area contributed by atoms with Crippen molar-refractivity contribution in [1.82, 2.24) is 10.4 Å². The van der Waals surface area contributed by atoms with E-state index in [9.17, 15) is 4.79 Å². The molecule has 0 unspecified atom stereocenters. The highest BCUT2D eigenvalue weighted by atomic mass is 35.5. The van der Waals surface area contributed by atoms with Crippen molar-refractivity contribution in [3.8, 4) is 0 Å². The monoisotopic (exact) mass is 398 g/mol. The zero-order valence-corrected chi connectivity index (χ0v) is 16.0. The molecule has 0 spiro atoms. The van der Waals surface area contributed by atoms with Gasteiger partial charge in [0.05, 0.1) is 16.4 Å². The Morgan fingerprint density at radius 2 is 1.84 bits per heavy atom. The maximum absolute atomic E-state index is 12.4. The molecule has 1 aromatic heterocycles. The third kappa shape index (κ3) is 4.84. The van der Waals surface area contributed by atoms with Crippen LogP contribution in [0.3, 0.4) is 0 Å². The van der Waals surface area contributed by atoms with Crippen LogP contribution in [0.5, 0.6) is 0 Å². The Labute approximate surface area is 161 Å². The Balaban J connectivity index is 2.30. The molecule has 0 bridgehead atoms. The maximum atomic E-state index is 12.4. The van der Waals surface area contributed by atoms with Gasteiger partial charge in [-0.05, 0) is 17.9 Å². The zero-order chi connectivity index (χ0) is 18.6. The molecular weight excluding hydrogens is 383 g/mol. The summed E-state index contributed by atoms with van der Waals surface area (Å²) in [4.78, 5) is 16.3.